The number of carbonyl (C=O) groups is 1. The molecule has 104 valence electrons. The summed E-state index contributed by atoms with van der Waals surface area (Å²) >= 11 is 0. The minimum Gasteiger partial charge on any atom is -0.334 e. The first-order valence-corrected chi connectivity index (χ1v) is 7.22. The van der Waals surface area contributed by atoms with Crippen LogP contribution < -0.4 is 0 Å². The molecule has 2 aliphatic rings. The van der Waals surface area contributed by atoms with Gasteiger partial charge < -0.3 is 4.90 Å². The molecule has 1 aromatic heterocycles. The van der Waals surface area contributed by atoms with Crippen LogP contribution in [0.15, 0.2) is 0 Å². The molecule has 0 aliphatic carbocycles. The minimum absolute atomic E-state index is 0.0300. The van der Waals surface area contributed by atoms with E-state index in [2.05, 4.69) is 20.1 Å². The molecule has 0 aromatic carbocycles. The third kappa shape index (κ3) is 2.49. The average molecular weight is 263 g/mol. The first-order valence-electron chi connectivity index (χ1n) is 7.22. The van der Waals surface area contributed by atoms with E-state index in [1.165, 1.54) is 25.9 Å². The topological polar surface area (TPSA) is 65.1 Å². The number of rotatable bonds is 3. The highest BCUT2D eigenvalue weighted by molar-refractivity contribution is 5.90. The number of hydrogen-bond donors (Lipinski definition) is 1. The summed E-state index contributed by atoms with van der Waals surface area (Å²) in [7, 11) is 0. The van der Waals surface area contributed by atoms with E-state index in [-0.39, 0.29) is 5.91 Å². The molecule has 0 bridgehead atoms. The van der Waals surface area contributed by atoms with Crippen LogP contribution in [0.2, 0.25) is 0 Å². The van der Waals surface area contributed by atoms with Gasteiger partial charge in [0, 0.05) is 25.6 Å². The summed E-state index contributed by atoms with van der Waals surface area (Å²) in [6.07, 6.45) is 4.45. The van der Waals surface area contributed by atoms with Gasteiger partial charge in [0.15, 0.2) is 0 Å². The van der Waals surface area contributed by atoms with Gasteiger partial charge in [-0.1, -0.05) is 6.92 Å². The molecular formula is C13H21N5O. The van der Waals surface area contributed by atoms with Gasteiger partial charge in [-0.3, -0.25) is 14.8 Å². The largest absolute Gasteiger partial charge is 0.334 e. The molecule has 2 fully saturated rings. The fourth-order valence-corrected chi connectivity index (χ4v) is 3.02. The number of aromatic nitrogens is 3. The predicted octanol–water partition coefficient (Wildman–Crippen LogP) is 0.677. The summed E-state index contributed by atoms with van der Waals surface area (Å²) in [5, 5.41) is 6.82. The van der Waals surface area contributed by atoms with Crippen LogP contribution in [-0.4, -0.2) is 63.1 Å². The summed E-state index contributed by atoms with van der Waals surface area (Å²) in [6.45, 7) is 6.03. The first-order chi connectivity index (χ1) is 9.28. The van der Waals surface area contributed by atoms with Crippen LogP contribution in [0.3, 0.4) is 0 Å². The lowest BCUT2D eigenvalue weighted by Gasteiger charge is -2.23. The molecule has 0 spiro atoms. The second kappa shape index (κ2) is 5.28. The lowest BCUT2D eigenvalue weighted by Crippen LogP contribution is -2.37. The van der Waals surface area contributed by atoms with Gasteiger partial charge >= 0.3 is 0 Å². The second-order valence-corrected chi connectivity index (χ2v) is 5.40. The van der Waals surface area contributed by atoms with Crippen LogP contribution in [0, 0.1) is 0 Å². The van der Waals surface area contributed by atoms with E-state index in [9.17, 15) is 4.79 Å². The van der Waals surface area contributed by atoms with E-state index in [1.807, 2.05) is 11.8 Å². The molecule has 3 rings (SSSR count). The lowest BCUT2D eigenvalue weighted by atomic mass is 10.2. The third-order valence-electron chi connectivity index (χ3n) is 4.17. The number of H-pyrrole nitrogens is 1. The third-order valence-corrected chi connectivity index (χ3v) is 4.17. The zero-order chi connectivity index (χ0) is 13.2. The van der Waals surface area contributed by atoms with Crippen LogP contribution in [0.25, 0.3) is 0 Å². The van der Waals surface area contributed by atoms with Crippen molar-refractivity contribution in [1.82, 2.24) is 25.0 Å². The fraction of sp³-hybridized carbons (Fsp3) is 0.769. The van der Waals surface area contributed by atoms with Gasteiger partial charge in [-0.2, -0.15) is 0 Å². The van der Waals surface area contributed by atoms with Crippen molar-refractivity contribution in [3.8, 4) is 0 Å². The molecule has 19 heavy (non-hydrogen) atoms. The van der Waals surface area contributed by atoms with Gasteiger partial charge in [-0.15, -0.1) is 5.10 Å². The van der Waals surface area contributed by atoms with Crippen molar-refractivity contribution < 1.29 is 4.79 Å². The van der Waals surface area contributed by atoms with E-state index in [0.717, 1.165) is 31.8 Å². The highest BCUT2D eigenvalue weighted by atomic mass is 16.2. The van der Waals surface area contributed by atoms with E-state index in [1.54, 1.807) is 0 Å². The summed E-state index contributed by atoms with van der Waals surface area (Å²) in [5.41, 5.74) is 0. The van der Waals surface area contributed by atoms with Crippen molar-refractivity contribution in [2.24, 2.45) is 0 Å². The van der Waals surface area contributed by atoms with Crippen molar-refractivity contribution in [3.63, 3.8) is 0 Å². The molecule has 3 heterocycles. The van der Waals surface area contributed by atoms with Gasteiger partial charge in [-0.25, -0.2) is 4.98 Å². The highest BCUT2D eigenvalue weighted by Crippen LogP contribution is 2.21. The van der Waals surface area contributed by atoms with Crippen LogP contribution >= 0.6 is 0 Å². The number of amides is 1. The standard InChI is InChI=1S/C13H21N5O/c1-2-11-14-12(16-15-11)13(19)18-8-5-10(9-18)17-6-3-4-7-17/h10H,2-9H2,1H3,(H,14,15,16). The van der Waals surface area contributed by atoms with Gasteiger partial charge in [0.1, 0.15) is 5.82 Å². The van der Waals surface area contributed by atoms with Crippen molar-refractivity contribution in [1.29, 1.82) is 0 Å². The Morgan fingerprint density at radius 1 is 1.37 bits per heavy atom. The molecular weight excluding hydrogens is 242 g/mol. The Balaban J connectivity index is 1.62. The summed E-state index contributed by atoms with van der Waals surface area (Å²) in [5.74, 6) is 1.07. The highest BCUT2D eigenvalue weighted by Gasteiger charge is 2.33. The summed E-state index contributed by atoms with van der Waals surface area (Å²) < 4.78 is 0. The maximum atomic E-state index is 12.3. The molecule has 2 saturated heterocycles. The molecule has 1 amide bonds. The SMILES string of the molecule is CCc1nc(C(=O)N2CCC(N3CCCC3)C2)n[nH]1. The number of hydrogen-bond acceptors (Lipinski definition) is 4. The van der Waals surface area contributed by atoms with E-state index >= 15 is 0 Å². The van der Waals surface area contributed by atoms with Crippen LogP contribution in [0.4, 0.5) is 0 Å². The van der Waals surface area contributed by atoms with E-state index < -0.39 is 0 Å². The van der Waals surface area contributed by atoms with Crippen molar-refractivity contribution in [2.75, 3.05) is 26.2 Å². The zero-order valence-electron chi connectivity index (χ0n) is 11.4. The molecule has 1 aromatic rings. The Morgan fingerprint density at radius 2 is 2.16 bits per heavy atom. The number of nitrogens with one attached hydrogen (secondary N) is 1. The molecule has 2 aliphatic heterocycles. The van der Waals surface area contributed by atoms with Crippen molar-refractivity contribution >= 4 is 5.91 Å². The second-order valence-electron chi connectivity index (χ2n) is 5.40. The normalized spacial score (nSPS) is 24.3. The average Bonchev–Trinajstić information content (AvgIpc) is 3.16. The molecule has 1 N–H and O–H groups in total. The van der Waals surface area contributed by atoms with Crippen molar-refractivity contribution in [2.45, 2.75) is 38.6 Å². The minimum atomic E-state index is -0.0300. The van der Waals surface area contributed by atoms with Crippen LogP contribution in [-0.2, 0) is 6.42 Å². The fourth-order valence-electron chi connectivity index (χ4n) is 3.02. The summed E-state index contributed by atoms with van der Waals surface area (Å²) in [4.78, 5) is 20.9. The Labute approximate surface area is 113 Å². The number of likely N-dealkylation sites (tertiary alicyclic amines) is 2. The molecule has 6 nitrogen and oxygen atoms in total. The van der Waals surface area contributed by atoms with E-state index in [4.69, 9.17) is 0 Å². The molecule has 0 radical (unpaired) electrons. The molecule has 1 unspecified atom stereocenters. The Morgan fingerprint density at radius 3 is 2.84 bits per heavy atom. The monoisotopic (exact) mass is 263 g/mol. The van der Waals surface area contributed by atoms with E-state index in [0.29, 0.717) is 11.9 Å². The maximum absolute atomic E-state index is 12.3. The van der Waals surface area contributed by atoms with Gasteiger partial charge in [0.25, 0.3) is 5.91 Å². The Kier molecular flexibility index (Phi) is 3.50. The van der Waals surface area contributed by atoms with Gasteiger partial charge in [0.05, 0.1) is 0 Å². The molecule has 0 saturated carbocycles. The van der Waals surface area contributed by atoms with Crippen LogP contribution in [0.5, 0.6) is 0 Å². The van der Waals surface area contributed by atoms with Crippen molar-refractivity contribution in [3.05, 3.63) is 11.6 Å². The maximum Gasteiger partial charge on any atom is 0.293 e. The molecule has 1 atom stereocenters. The first kappa shape index (κ1) is 12.6. The Hall–Kier alpha value is -1.43. The number of aromatic amines is 1. The number of nitrogens with zero attached hydrogens (tertiary/aromatic N) is 4. The van der Waals surface area contributed by atoms with Crippen LogP contribution in [0.1, 0.15) is 42.6 Å². The lowest BCUT2D eigenvalue weighted by molar-refractivity contribution is 0.0768. The zero-order valence-corrected chi connectivity index (χ0v) is 11.4. The number of aryl methyl sites for hydroxylation is 1. The number of carbonyl (C=O) groups excluding carboxylic acids is 1. The summed E-state index contributed by atoms with van der Waals surface area (Å²) in [6, 6.07) is 0.538. The Bertz CT molecular complexity index is 452. The quantitative estimate of drug-likeness (QED) is 0.871. The molecule has 6 heteroatoms. The van der Waals surface area contributed by atoms with Gasteiger partial charge in [-0.05, 0) is 32.4 Å². The smallest absolute Gasteiger partial charge is 0.293 e. The van der Waals surface area contributed by atoms with Gasteiger partial charge in [0.2, 0.25) is 5.82 Å². The predicted molar refractivity (Wildman–Crippen MR) is 70.9 cm³/mol.